The van der Waals surface area contributed by atoms with Crippen LogP contribution < -0.4 is 4.74 Å². The van der Waals surface area contributed by atoms with Gasteiger partial charge in [0.2, 0.25) is 0 Å². The molecule has 3 heteroatoms. The summed E-state index contributed by atoms with van der Waals surface area (Å²) in [7, 11) is 0. The van der Waals surface area contributed by atoms with E-state index in [-0.39, 0.29) is 5.41 Å². The maximum absolute atomic E-state index is 8.92. The van der Waals surface area contributed by atoms with E-state index in [0.717, 1.165) is 10.9 Å². The second-order valence-electron chi connectivity index (χ2n) is 4.91. The molecule has 1 rings (SSSR count). The Labute approximate surface area is 105 Å². The molecule has 0 heterocycles. The van der Waals surface area contributed by atoms with Crippen LogP contribution in [0.4, 0.5) is 0 Å². The van der Waals surface area contributed by atoms with Crippen molar-refractivity contribution >= 4 is 15.9 Å². The molecule has 16 heavy (non-hydrogen) atoms. The van der Waals surface area contributed by atoms with E-state index < -0.39 is 0 Å². The van der Waals surface area contributed by atoms with Gasteiger partial charge in [-0.15, -0.1) is 0 Å². The molecule has 0 aliphatic carbocycles. The smallest absolute Gasteiger partial charge is 0.138 e. The lowest BCUT2D eigenvalue weighted by molar-refractivity contribution is 0.242. The largest absolute Gasteiger partial charge is 0.492 e. The minimum Gasteiger partial charge on any atom is -0.492 e. The first-order chi connectivity index (χ1) is 7.42. The summed E-state index contributed by atoms with van der Waals surface area (Å²) < 4.78 is 6.56. The fourth-order valence-corrected chi connectivity index (χ4v) is 1.52. The molecule has 0 radical (unpaired) electrons. The molecule has 0 unspecified atom stereocenters. The Balaban J connectivity index is 2.67. The molecule has 0 saturated heterocycles. The van der Waals surface area contributed by atoms with Gasteiger partial charge in [0.15, 0.2) is 0 Å². The third-order valence-electron chi connectivity index (χ3n) is 2.17. The van der Waals surface area contributed by atoms with Gasteiger partial charge < -0.3 is 4.74 Å². The molecule has 0 atom stereocenters. The number of nitrogens with zero attached hydrogens (tertiary/aromatic N) is 1. The van der Waals surface area contributed by atoms with Crippen LogP contribution in [0.25, 0.3) is 0 Å². The highest BCUT2D eigenvalue weighted by atomic mass is 79.9. The molecule has 0 spiro atoms. The monoisotopic (exact) mass is 281 g/mol. The van der Waals surface area contributed by atoms with Crippen LogP contribution in [-0.4, -0.2) is 6.61 Å². The van der Waals surface area contributed by atoms with Gasteiger partial charge in [0.05, 0.1) is 12.2 Å². The molecule has 0 saturated carbocycles. The number of benzene rings is 1. The van der Waals surface area contributed by atoms with Crippen LogP contribution in [0.5, 0.6) is 5.75 Å². The molecular weight excluding hydrogens is 266 g/mol. The first-order valence-electron chi connectivity index (χ1n) is 5.25. The Morgan fingerprint density at radius 2 is 2.06 bits per heavy atom. The lowest BCUT2D eigenvalue weighted by Gasteiger charge is -2.18. The lowest BCUT2D eigenvalue weighted by atomic mass is 9.93. The molecule has 0 aromatic heterocycles. The normalized spacial score (nSPS) is 10.9. The first kappa shape index (κ1) is 13.1. The fourth-order valence-electron chi connectivity index (χ4n) is 1.18. The van der Waals surface area contributed by atoms with Crippen molar-refractivity contribution < 1.29 is 4.74 Å². The van der Waals surface area contributed by atoms with E-state index in [1.807, 2.05) is 12.1 Å². The average Bonchev–Trinajstić information content (AvgIpc) is 2.16. The van der Waals surface area contributed by atoms with Gasteiger partial charge in [-0.1, -0.05) is 36.7 Å². The number of halogens is 1. The number of rotatable bonds is 3. The summed E-state index contributed by atoms with van der Waals surface area (Å²) in [6.07, 6.45) is 0.963. The Morgan fingerprint density at radius 1 is 1.38 bits per heavy atom. The molecule has 0 aliphatic rings. The third-order valence-corrected chi connectivity index (χ3v) is 2.67. The summed E-state index contributed by atoms with van der Waals surface area (Å²) in [5.41, 5.74) is 0.829. The van der Waals surface area contributed by atoms with Crippen molar-refractivity contribution in [2.45, 2.75) is 27.2 Å². The van der Waals surface area contributed by atoms with Gasteiger partial charge in [0, 0.05) is 4.47 Å². The molecule has 0 bridgehead atoms. The van der Waals surface area contributed by atoms with Gasteiger partial charge in [0.25, 0.3) is 0 Å². The van der Waals surface area contributed by atoms with E-state index in [2.05, 4.69) is 42.8 Å². The van der Waals surface area contributed by atoms with Crippen LogP contribution in [-0.2, 0) is 0 Å². The molecule has 1 aromatic rings. The molecule has 1 aromatic carbocycles. The molecular formula is C13H16BrNO. The van der Waals surface area contributed by atoms with E-state index in [4.69, 9.17) is 10.00 Å². The quantitative estimate of drug-likeness (QED) is 0.834. The summed E-state index contributed by atoms with van der Waals surface area (Å²) >= 11 is 3.37. The average molecular weight is 282 g/mol. The fraction of sp³-hybridized carbons (Fsp3) is 0.462. The number of hydrogen-bond donors (Lipinski definition) is 0. The van der Waals surface area contributed by atoms with Gasteiger partial charge in [-0.3, -0.25) is 0 Å². The van der Waals surface area contributed by atoms with Crippen molar-refractivity contribution in [1.82, 2.24) is 0 Å². The molecule has 0 aliphatic heterocycles. The Bertz CT molecular complexity index is 401. The van der Waals surface area contributed by atoms with Crippen molar-refractivity contribution in [2.24, 2.45) is 5.41 Å². The lowest BCUT2D eigenvalue weighted by Crippen LogP contribution is -2.11. The molecule has 0 amide bonds. The zero-order valence-electron chi connectivity index (χ0n) is 9.88. The van der Waals surface area contributed by atoms with Gasteiger partial charge in [-0.25, -0.2) is 0 Å². The number of ether oxygens (including phenoxy) is 1. The highest BCUT2D eigenvalue weighted by Crippen LogP contribution is 2.25. The van der Waals surface area contributed by atoms with Crippen LogP contribution in [0.2, 0.25) is 0 Å². The maximum Gasteiger partial charge on any atom is 0.138 e. The van der Waals surface area contributed by atoms with Crippen molar-refractivity contribution in [2.75, 3.05) is 6.61 Å². The highest BCUT2D eigenvalue weighted by molar-refractivity contribution is 9.10. The van der Waals surface area contributed by atoms with Crippen molar-refractivity contribution in [3.63, 3.8) is 0 Å². The second kappa shape index (κ2) is 5.36. The Kier molecular flexibility index (Phi) is 4.37. The predicted octanol–water partition coefficient (Wildman–Crippen LogP) is 4.14. The van der Waals surface area contributed by atoms with Crippen LogP contribution >= 0.6 is 15.9 Å². The van der Waals surface area contributed by atoms with Crippen molar-refractivity contribution in [1.29, 1.82) is 5.26 Å². The minimum absolute atomic E-state index is 0.249. The predicted molar refractivity (Wildman–Crippen MR) is 68.4 cm³/mol. The maximum atomic E-state index is 8.92. The van der Waals surface area contributed by atoms with Gasteiger partial charge in [0.1, 0.15) is 11.8 Å². The zero-order chi connectivity index (χ0) is 12.2. The van der Waals surface area contributed by atoms with Gasteiger partial charge >= 0.3 is 0 Å². The Hall–Kier alpha value is -1.01. The summed E-state index contributed by atoms with van der Waals surface area (Å²) in [6.45, 7) is 7.14. The minimum atomic E-state index is 0.249. The van der Waals surface area contributed by atoms with E-state index in [1.165, 1.54) is 0 Å². The van der Waals surface area contributed by atoms with Gasteiger partial charge in [-0.05, 0) is 30.0 Å². The summed E-state index contributed by atoms with van der Waals surface area (Å²) in [5, 5.41) is 8.92. The van der Waals surface area contributed by atoms with Crippen LogP contribution in [0.15, 0.2) is 22.7 Å². The summed E-state index contributed by atoms with van der Waals surface area (Å²) in [5.74, 6) is 0.654. The summed E-state index contributed by atoms with van der Waals surface area (Å²) in [6, 6.07) is 7.56. The summed E-state index contributed by atoms with van der Waals surface area (Å²) in [4.78, 5) is 0. The molecule has 86 valence electrons. The number of hydrogen-bond acceptors (Lipinski definition) is 2. The number of nitriles is 1. The van der Waals surface area contributed by atoms with Crippen LogP contribution in [0.1, 0.15) is 32.8 Å². The van der Waals surface area contributed by atoms with Crippen LogP contribution in [0.3, 0.4) is 0 Å². The van der Waals surface area contributed by atoms with E-state index in [1.54, 1.807) is 6.07 Å². The van der Waals surface area contributed by atoms with Gasteiger partial charge in [-0.2, -0.15) is 5.26 Å². The van der Waals surface area contributed by atoms with E-state index >= 15 is 0 Å². The molecule has 2 nitrogen and oxygen atoms in total. The third kappa shape index (κ3) is 4.24. The van der Waals surface area contributed by atoms with Crippen molar-refractivity contribution in [3.8, 4) is 11.8 Å². The van der Waals surface area contributed by atoms with E-state index in [9.17, 15) is 0 Å². The SMILES string of the molecule is CC(C)(C)CCOc1cc(Br)ccc1C#N. The topological polar surface area (TPSA) is 33.0 Å². The van der Waals surface area contributed by atoms with E-state index in [0.29, 0.717) is 17.9 Å². The standard InChI is InChI=1S/C13H16BrNO/c1-13(2,3)6-7-16-12-8-11(14)5-4-10(12)9-15/h4-5,8H,6-7H2,1-3H3. The highest BCUT2D eigenvalue weighted by Gasteiger charge is 2.11. The molecule has 0 fully saturated rings. The zero-order valence-corrected chi connectivity index (χ0v) is 11.5. The molecule has 0 N–H and O–H groups in total. The first-order valence-corrected chi connectivity index (χ1v) is 6.04. The van der Waals surface area contributed by atoms with Crippen LogP contribution in [0, 0.1) is 16.7 Å². The second-order valence-corrected chi connectivity index (χ2v) is 5.83. The van der Waals surface area contributed by atoms with Crippen molar-refractivity contribution in [3.05, 3.63) is 28.2 Å². The Morgan fingerprint density at radius 3 is 2.62 bits per heavy atom.